The van der Waals surface area contributed by atoms with Crippen molar-refractivity contribution in [3.05, 3.63) is 42.0 Å². The molecular formula is C20H21N3O6. The largest absolute Gasteiger partial charge is 0.493 e. The Kier molecular flexibility index (Phi) is 5.87. The van der Waals surface area contributed by atoms with Crippen LogP contribution >= 0.6 is 0 Å². The van der Waals surface area contributed by atoms with E-state index in [1.807, 2.05) is 0 Å². The number of fused-ring (bicyclic) bond motifs is 1. The van der Waals surface area contributed by atoms with Crippen LogP contribution in [0.4, 0.5) is 11.4 Å². The molecule has 2 aromatic carbocycles. The highest BCUT2D eigenvalue weighted by atomic mass is 16.5. The van der Waals surface area contributed by atoms with Crippen LogP contribution in [0.25, 0.3) is 0 Å². The van der Waals surface area contributed by atoms with Crippen LogP contribution in [-0.2, 0) is 9.59 Å². The second-order valence-corrected chi connectivity index (χ2v) is 6.26. The van der Waals surface area contributed by atoms with E-state index >= 15 is 0 Å². The van der Waals surface area contributed by atoms with Crippen molar-refractivity contribution in [2.45, 2.75) is 13.0 Å². The molecule has 29 heavy (non-hydrogen) atoms. The van der Waals surface area contributed by atoms with Crippen molar-refractivity contribution in [3.8, 4) is 17.2 Å². The van der Waals surface area contributed by atoms with E-state index < -0.39 is 17.9 Å². The first kappa shape index (κ1) is 20.0. The van der Waals surface area contributed by atoms with Gasteiger partial charge in [-0.05, 0) is 43.3 Å². The Morgan fingerprint density at radius 2 is 1.86 bits per heavy atom. The van der Waals surface area contributed by atoms with Crippen molar-refractivity contribution in [1.82, 2.24) is 5.32 Å². The topological polar surface area (TPSA) is 115 Å². The lowest BCUT2D eigenvalue weighted by molar-refractivity contribution is -0.122. The predicted molar refractivity (Wildman–Crippen MR) is 106 cm³/mol. The van der Waals surface area contributed by atoms with Crippen molar-refractivity contribution in [3.63, 3.8) is 0 Å². The van der Waals surface area contributed by atoms with Gasteiger partial charge >= 0.3 is 0 Å². The quantitative estimate of drug-likeness (QED) is 0.682. The summed E-state index contributed by atoms with van der Waals surface area (Å²) in [5.74, 6) is 0.327. The van der Waals surface area contributed by atoms with Gasteiger partial charge in [-0.3, -0.25) is 14.4 Å². The second kappa shape index (κ2) is 8.51. The minimum absolute atomic E-state index is 0.232. The summed E-state index contributed by atoms with van der Waals surface area (Å²) in [5, 5.41) is 7.91. The summed E-state index contributed by atoms with van der Waals surface area (Å²) in [5.41, 5.74) is 1.27. The van der Waals surface area contributed by atoms with Gasteiger partial charge in [0.25, 0.3) is 11.8 Å². The molecule has 0 aromatic heterocycles. The number of ether oxygens (including phenoxy) is 3. The lowest BCUT2D eigenvalue weighted by Gasteiger charge is -2.23. The van der Waals surface area contributed by atoms with Gasteiger partial charge < -0.3 is 30.2 Å². The van der Waals surface area contributed by atoms with Gasteiger partial charge in [0, 0.05) is 11.3 Å². The highest BCUT2D eigenvalue weighted by Crippen LogP contribution is 2.32. The van der Waals surface area contributed by atoms with Crippen LogP contribution in [0.15, 0.2) is 36.4 Å². The summed E-state index contributed by atoms with van der Waals surface area (Å²) in [6.45, 7) is 1.42. The third-order valence-electron chi connectivity index (χ3n) is 4.25. The van der Waals surface area contributed by atoms with E-state index in [1.54, 1.807) is 37.3 Å². The van der Waals surface area contributed by atoms with E-state index in [-0.39, 0.29) is 12.5 Å². The van der Waals surface area contributed by atoms with Crippen LogP contribution < -0.4 is 30.2 Å². The number of carbonyl (C=O) groups is 3. The maximum atomic E-state index is 12.3. The van der Waals surface area contributed by atoms with Gasteiger partial charge in [-0.15, -0.1) is 0 Å². The fourth-order valence-electron chi connectivity index (χ4n) is 2.73. The Labute approximate surface area is 167 Å². The molecule has 0 spiro atoms. The fraction of sp³-hybridized carbons (Fsp3) is 0.250. The zero-order chi connectivity index (χ0) is 21.0. The Bertz CT molecular complexity index is 959. The van der Waals surface area contributed by atoms with Gasteiger partial charge in [0.2, 0.25) is 5.91 Å². The number of hydrogen-bond donors (Lipinski definition) is 3. The maximum absolute atomic E-state index is 12.3. The molecule has 1 heterocycles. The van der Waals surface area contributed by atoms with Gasteiger partial charge in [-0.1, -0.05) is 0 Å². The summed E-state index contributed by atoms with van der Waals surface area (Å²) >= 11 is 0. The first-order chi connectivity index (χ1) is 13.9. The molecule has 0 aliphatic carbocycles. The molecule has 0 fully saturated rings. The zero-order valence-electron chi connectivity index (χ0n) is 16.2. The van der Waals surface area contributed by atoms with Crippen molar-refractivity contribution >= 4 is 29.1 Å². The van der Waals surface area contributed by atoms with Crippen LogP contribution in [-0.4, -0.2) is 44.6 Å². The van der Waals surface area contributed by atoms with Crippen molar-refractivity contribution in [2.24, 2.45) is 0 Å². The van der Waals surface area contributed by atoms with E-state index in [0.717, 1.165) is 0 Å². The Hall–Kier alpha value is -3.75. The van der Waals surface area contributed by atoms with Gasteiger partial charge in [0.05, 0.1) is 26.5 Å². The molecule has 1 aliphatic rings. The zero-order valence-corrected chi connectivity index (χ0v) is 16.2. The van der Waals surface area contributed by atoms with E-state index in [0.29, 0.717) is 34.2 Å². The molecule has 9 nitrogen and oxygen atoms in total. The first-order valence-corrected chi connectivity index (χ1v) is 8.83. The molecule has 9 heteroatoms. The van der Waals surface area contributed by atoms with E-state index in [2.05, 4.69) is 16.0 Å². The third kappa shape index (κ3) is 4.57. The molecule has 3 amide bonds. The van der Waals surface area contributed by atoms with Gasteiger partial charge in [0.1, 0.15) is 5.75 Å². The normalized spacial score (nSPS) is 14.7. The van der Waals surface area contributed by atoms with Crippen LogP contribution in [0.2, 0.25) is 0 Å². The average molecular weight is 399 g/mol. The summed E-state index contributed by atoms with van der Waals surface area (Å²) in [6, 6.07) is 9.60. The number of methoxy groups -OCH3 is 2. The van der Waals surface area contributed by atoms with E-state index in [1.165, 1.54) is 20.3 Å². The molecular weight excluding hydrogens is 378 g/mol. The van der Waals surface area contributed by atoms with Crippen LogP contribution in [0.1, 0.15) is 17.3 Å². The van der Waals surface area contributed by atoms with Crippen LogP contribution in [0, 0.1) is 0 Å². The van der Waals surface area contributed by atoms with E-state index in [4.69, 9.17) is 14.2 Å². The molecule has 1 aliphatic heterocycles. The smallest absolute Gasteiger partial charge is 0.265 e. The minimum Gasteiger partial charge on any atom is -0.493 e. The number of benzene rings is 2. The van der Waals surface area contributed by atoms with Gasteiger partial charge in [0.15, 0.2) is 17.6 Å². The number of hydrogen-bond acceptors (Lipinski definition) is 6. The third-order valence-corrected chi connectivity index (χ3v) is 4.25. The van der Waals surface area contributed by atoms with E-state index in [9.17, 15) is 14.4 Å². The molecule has 0 saturated carbocycles. The standard InChI is InChI=1S/C20H21N3O6/c1-11-19(25)23-14-9-13(5-7-15(14)29-11)22-18(24)10-21-20(26)12-4-6-16(27-2)17(8-12)28-3/h4-9,11H,10H2,1-3H3,(H,21,26)(H,22,24)(H,23,25). The number of carbonyl (C=O) groups excluding carboxylic acids is 3. The average Bonchev–Trinajstić information content (AvgIpc) is 2.72. The SMILES string of the molecule is COc1ccc(C(=O)NCC(=O)Nc2ccc3c(c2)NC(=O)C(C)O3)cc1OC. The summed E-state index contributed by atoms with van der Waals surface area (Å²) in [6.07, 6.45) is -0.574. The maximum Gasteiger partial charge on any atom is 0.265 e. The molecule has 3 N–H and O–H groups in total. The number of rotatable bonds is 6. The van der Waals surface area contributed by atoms with Gasteiger partial charge in [-0.2, -0.15) is 0 Å². The van der Waals surface area contributed by atoms with Crippen molar-refractivity contribution in [2.75, 3.05) is 31.4 Å². The lowest BCUT2D eigenvalue weighted by atomic mass is 10.2. The van der Waals surface area contributed by atoms with Crippen LogP contribution in [0.5, 0.6) is 17.2 Å². The lowest BCUT2D eigenvalue weighted by Crippen LogP contribution is -2.34. The molecule has 0 bridgehead atoms. The number of nitrogens with one attached hydrogen (secondary N) is 3. The molecule has 3 rings (SSSR count). The van der Waals surface area contributed by atoms with Crippen molar-refractivity contribution < 1.29 is 28.6 Å². The number of amides is 3. The molecule has 0 radical (unpaired) electrons. The molecule has 152 valence electrons. The minimum atomic E-state index is -0.574. The monoisotopic (exact) mass is 399 g/mol. The molecule has 0 saturated heterocycles. The fourth-order valence-corrected chi connectivity index (χ4v) is 2.73. The summed E-state index contributed by atoms with van der Waals surface area (Å²) in [4.78, 5) is 36.1. The Morgan fingerprint density at radius 1 is 1.10 bits per heavy atom. The summed E-state index contributed by atoms with van der Waals surface area (Å²) in [7, 11) is 2.97. The number of anilines is 2. The van der Waals surface area contributed by atoms with Crippen LogP contribution in [0.3, 0.4) is 0 Å². The Balaban J connectivity index is 1.58. The first-order valence-electron chi connectivity index (χ1n) is 8.83. The Morgan fingerprint density at radius 3 is 2.59 bits per heavy atom. The highest BCUT2D eigenvalue weighted by Gasteiger charge is 2.23. The molecule has 1 unspecified atom stereocenters. The molecule has 1 atom stereocenters. The summed E-state index contributed by atoms with van der Waals surface area (Å²) < 4.78 is 15.8. The van der Waals surface area contributed by atoms with Crippen molar-refractivity contribution in [1.29, 1.82) is 0 Å². The van der Waals surface area contributed by atoms with Gasteiger partial charge in [-0.25, -0.2) is 0 Å². The highest BCUT2D eigenvalue weighted by molar-refractivity contribution is 6.01. The second-order valence-electron chi connectivity index (χ2n) is 6.26. The molecule has 2 aromatic rings. The predicted octanol–water partition coefficient (Wildman–Crippen LogP) is 1.79.